The van der Waals surface area contributed by atoms with E-state index in [-0.39, 0.29) is 16.6 Å². The van der Waals surface area contributed by atoms with E-state index in [0.717, 1.165) is 25.7 Å². The van der Waals surface area contributed by atoms with Crippen molar-refractivity contribution in [2.24, 2.45) is 5.92 Å². The molecule has 116 valence electrons. The molecule has 1 saturated heterocycles. The van der Waals surface area contributed by atoms with Crippen LogP contribution in [-0.2, 0) is 10.0 Å². The molecule has 0 bridgehead atoms. The number of carboxylic acid groups (broad SMARTS) is 1. The molecule has 1 aliphatic heterocycles. The van der Waals surface area contributed by atoms with Crippen LogP contribution in [0.3, 0.4) is 0 Å². The number of carboxylic acids is 1. The van der Waals surface area contributed by atoms with Gasteiger partial charge in [-0.15, -0.1) is 0 Å². The smallest absolute Gasteiger partial charge is 0.352 e. The molecule has 1 atom stereocenters. The van der Waals surface area contributed by atoms with Gasteiger partial charge in [0.15, 0.2) is 0 Å². The number of carbonyl (C=O) groups is 1. The molecule has 7 heteroatoms. The molecular formula is C14H20N2O4S. The summed E-state index contributed by atoms with van der Waals surface area (Å²) in [6, 6.07) is 1.44. The van der Waals surface area contributed by atoms with Crippen LogP contribution in [0.25, 0.3) is 0 Å². The van der Waals surface area contributed by atoms with Gasteiger partial charge in [0.2, 0.25) is 10.0 Å². The first-order valence-corrected chi connectivity index (χ1v) is 8.82. The van der Waals surface area contributed by atoms with E-state index in [1.807, 2.05) is 0 Å². The Balaban J connectivity index is 1.92. The molecule has 6 nitrogen and oxygen atoms in total. The Bertz CT molecular complexity index is 661. The van der Waals surface area contributed by atoms with Crippen LogP contribution in [-0.4, -0.2) is 41.5 Å². The molecule has 2 aliphatic rings. The van der Waals surface area contributed by atoms with Crippen molar-refractivity contribution < 1.29 is 18.3 Å². The number of aromatic nitrogens is 1. The van der Waals surface area contributed by atoms with E-state index >= 15 is 0 Å². The second-order valence-electron chi connectivity index (χ2n) is 5.93. The van der Waals surface area contributed by atoms with Gasteiger partial charge >= 0.3 is 5.97 Å². The zero-order valence-corrected chi connectivity index (χ0v) is 12.8. The Morgan fingerprint density at radius 3 is 2.62 bits per heavy atom. The Labute approximate surface area is 124 Å². The lowest BCUT2D eigenvalue weighted by Crippen LogP contribution is -2.28. The predicted molar refractivity (Wildman–Crippen MR) is 76.8 cm³/mol. The van der Waals surface area contributed by atoms with E-state index in [1.165, 1.54) is 16.6 Å². The van der Waals surface area contributed by atoms with Crippen LogP contribution in [0.15, 0.2) is 17.2 Å². The van der Waals surface area contributed by atoms with Crippen molar-refractivity contribution in [1.82, 2.24) is 8.87 Å². The maximum atomic E-state index is 12.6. The zero-order chi connectivity index (χ0) is 15.2. The Hall–Kier alpha value is -1.34. The molecule has 1 aromatic rings. The van der Waals surface area contributed by atoms with Crippen LogP contribution in [0.2, 0.25) is 0 Å². The third-order valence-electron chi connectivity index (χ3n) is 4.45. The fourth-order valence-corrected chi connectivity index (χ4v) is 4.48. The van der Waals surface area contributed by atoms with Crippen molar-refractivity contribution in [2.75, 3.05) is 13.1 Å². The first-order valence-electron chi connectivity index (χ1n) is 7.38. The third kappa shape index (κ3) is 2.60. The second kappa shape index (κ2) is 5.14. The van der Waals surface area contributed by atoms with E-state index in [1.54, 1.807) is 4.57 Å². The minimum Gasteiger partial charge on any atom is -0.477 e. The standard InChI is InChI=1S/C14H20N2O4S/c1-2-10-5-6-15(8-10)21(19,20)12-7-13(14(17)18)16(9-12)11-3-4-11/h7,9-11H,2-6,8H2,1H3,(H,17,18). The van der Waals surface area contributed by atoms with E-state index < -0.39 is 16.0 Å². The summed E-state index contributed by atoms with van der Waals surface area (Å²) in [4.78, 5) is 11.4. The fraction of sp³-hybridized carbons (Fsp3) is 0.643. The number of aromatic carboxylic acids is 1. The zero-order valence-electron chi connectivity index (χ0n) is 12.0. The highest BCUT2D eigenvalue weighted by Gasteiger charge is 2.35. The number of hydrogen-bond donors (Lipinski definition) is 1. The topological polar surface area (TPSA) is 79.6 Å². The van der Waals surface area contributed by atoms with Crippen LogP contribution in [0.5, 0.6) is 0 Å². The van der Waals surface area contributed by atoms with Gasteiger partial charge in [0.05, 0.1) is 0 Å². The average molecular weight is 312 g/mol. The molecule has 0 amide bonds. The van der Waals surface area contributed by atoms with Gasteiger partial charge in [0.1, 0.15) is 10.6 Å². The van der Waals surface area contributed by atoms with Gasteiger partial charge in [-0.25, -0.2) is 13.2 Å². The summed E-state index contributed by atoms with van der Waals surface area (Å²) in [5, 5.41) is 9.24. The molecule has 1 aliphatic carbocycles. The largest absolute Gasteiger partial charge is 0.477 e. The van der Waals surface area contributed by atoms with Crippen molar-refractivity contribution in [3.63, 3.8) is 0 Å². The molecule has 0 radical (unpaired) electrons. The molecule has 1 N–H and O–H groups in total. The van der Waals surface area contributed by atoms with Crippen LogP contribution in [0, 0.1) is 5.92 Å². The predicted octanol–water partition coefficient (Wildman–Crippen LogP) is 1.94. The number of rotatable bonds is 5. The molecule has 1 saturated carbocycles. The quantitative estimate of drug-likeness (QED) is 0.901. The minimum absolute atomic E-state index is 0.0716. The molecule has 1 aromatic heterocycles. The van der Waals surface area contributed by atoms with Gasteiger partial charge in [0, 0.05) is 25.3 Å². The lowest BCUT2D eigenvalue weighted by atomic mass is 10.1. The summed E-state index contributed by atoms with van der Waals surface area (Å²) in [6.07, 6.45) is 5.17. The van der Waals surface area contributed by atoms with Gasteiger partial charge in [-0.2, -0.15) is 4.31 Å². The van der Waals surface area contributed by atoms with E-state index in [4.69, 9.17) is 0 Å². The fourth-order valence-electron chi connectivity index (χ4n) is 2.92. The van der Waals surface area contributed by atoms with Gasteiger partial charge in [-0.3, -0.25) is 0 Å². The molecule has 1 unspecified atom stereocenters. The highest BCUT2D eigenvalue weighted by molar-refractivity contribution is 7.89. The lowest BCUT2D eigenvalue weighted by Gasteiger charge is -2.15. The SMILES string of the molecule is CCC1CCN(S(=O)(=O)c2cc(C(=O)O)n(C3CC3)c2)C1. The van der Waals surface area contributed by atoms with Crippen molar-refractivity contribution in [2.45, 2.75) is 43.5 Å². The first-order chi connectivity index (χ1) is 9.93. The van der Waals surface area contributed by atoms with Gasteiger partial charge in [0.25, 0.3) is 0 Å². The summed E-state index contributed by atoms with van der Waals surface area (Å²) in [5.41, 5.74) is 0.0716. The van der Waals surface area contributed by atoms with Crippen LogP contribution in [0.1, 0.15) is 49.1 Å². The molecule has 0 spiro atoms. The minimum atomic E-state index is -3.57. The Kier molecular flexibility index (Phi) is 3.57. The summed E-state index contributed by atoms with van der Waals surface area (Å²) < 4.78 is 28.4. The second-order valence-corrected chi connectivity index (χ2v) is 7.87. The van der Waals surface area contributed by atoms with Gasteiger partial charge in [-0.05, 0) is 31.2 Å². The first kappa shape index (κ1) is 14.6. The normalized spacial score (nSPS) is 23.6. The number of nitrogens with zero attached hydrogens (tertiary/aromatic N) is 2. The highest BCUT2D eigenvalue weighted by Crippen LogP contribution is 2.38. The van der Waals surface area contributed by atoms with Crippen LogP contribution < -0.4 is 0 Å². The van der Waals surface area contributed by atoms with Gasteiger partial charge < -0.3 is 9.67 Å². The summed E-state index contributed by atoms with van der Waals surface area (Å²) >= 11 is 0. The third-order valence-corrected chi connectivity index (χ3v) is 6.28. The number of hydrogen-bond acceptors (Lipinski definition) is 3. The maximum Gasteiger partial charge on any atom is 0.352 e. The number of sulfonamides is 1. The Morgan fingerprint density at radius 2 is 2.10 bits per heavy atom. The summed E-state index contributed by atoms with van der Waals surface area (Å²) in [7, 11) is -3.57. The van der Waals surface area contributed by atoms with Crippen molar-refractivity contribution in [1.29, 1.82) is 0 Å². The lowest BCUT2D eigenvalue weighted by molar-refractivity contribution is 0.0685. The van der Waals surface area contributed by atoms with Crippen LogP contribution in [0.4, 0.5) is 0 Å². The van der Waals surface area contributed by atoms with E-state index in [0.29, 0.717) is 19.0 Å². The van der Waals surface area contributed by atoms with Gasteiger partial charge in [-0.1, -0.05) is 13.3 Å². The van der Waals surface area contributed by atoms with Crippen molar-refractivity contribution in [3.8, 4) is 0 Å². The summed E-state index contributed by atoms with van der Waals surface area (Å²) in [6.45, 7) is 3.13. The molecule has 2 fully saturated rings. The van der Waals surface area contributed by atoms with E-state index in [2.05, 4.69) is 6.92 Å². The Morgan fingerprint density at radius 1 is 1.38 bits per heavy atom. The molecule has 3 rings (SSSR count). The highest BCUT2D eigenvalue weighted by atomic mass is 32.2. The monoisotopic (exact) mass is 312 g/mol. The molecular weight excluding hydrogens is 292 g/mol. The average Bonchev–Trinajstić information content (AvgIpc) is 3.01. The molecule has 21 heavy (non-hydrogen) atoms. The van der Waals surface area contributed by atoms with Crippen LogP contribution >= 0.6 is 0 Å². The maximum absolute atomic E-state index is 12.6. The van der Waals surface area contributed by atoms with E-state index in [9.17, 15) is 18.3 Å². The van der Waals surface area contributed by atoms with Crippen molar-refractivity contribution in [3.05, 3.63) is 18.0 Å². The summed E-state index contributed by atoms with van der Waals surface area (Å²) in [5.74, 6) is -0.666. The molecule has 2 heterocycles. The molecule has 0 aromatic carbocycles. The van der Waals surface area contributed by atoms with Crippen molar-refractivity contribution >= 4 is 16.0 Å².